The van der Waals surface area contributed by atoms with Gasteiger partial charge in [-0.25, -0.2) is 9.37 Å². The van der Waals surface area contributed by atoms with Crippen LogP contribution in [0.2, 0.25) is 0 Å². The average molecular weight is 440 g/mol. The van der Waals surface area contributed by atoms with Gasteiger partial charge < -0.3 is 5.32 Å². The highest BCUT2D eigenvalue weighted by molar-refractivity contribution is 7.99. The number of rotatable bonds is 7. The Hall–Kier alpha value is -2.97. The minimum atomic E-state index is -0.337. The zero-order valence-corrected chi connectivity index (χ0v) is 17.5. The number of amides is 1. The van der Waals surface area contributed by atoms with Crippen molar-refractivity contribution in [3.8, 4) is 11.1 Å². The fourth-order valence-corrected chi connectivity index (χ4v) is 4.70. The molecule has 1 N–H and O–H groups in total. The molecule has 0 bridgehead atoms. The Bertz CT molecular complexity index is 1220. The first-order chi connectivity index (χ1) is 14.6. The van der Waals surface area contributed by atoms with Crippen molar-refractivity contribution < 1.29 is 9.18 Å². The number of hydrogen-bond donors (Lipinski definition) is 1. The molecule has 0 saturated carbocycles. The molecule has 0 saturated heterocycles. The van der Waals surface area contributed by atoms with Crippen LogP contribution in [0.3, 0.4) is 0 Å². The molecule has 0 aliphatic heterocycles. The quantitative estimate of drug-likeness (QED) is 0.347. The van der Waals surface area contributed by atoms with Gasteiger partial charge in [0.05, 0.1) is 11.7 Å². The zero-order chi connectivity index (χ0) is 20.9. The fraction of sp³-hybridized carbons (Fsp3) is 0.136. The van der Waals surface area contributed by atoms with E-state index < -0.39 is 0 Å². The van der Waals surface area contributed by atoms with E-state index in [1.165, 1.54) is 34.4 Å². The second-order valence-corrected chi connectivity index (χ2v) is 8.55. The standard InChI is InChI=1S/C22H18FN3O2S2/c23-16-8-6-15(7-9-16)18-13-30-21-20(18)22(28)26(14-25-21)12-19(27)24-10-11-29-17-4-2-1-3-5-17/h1-9,13-14H,10-12H2,(H,24,27). The molecule has 0 aliphatic rings. The van der Waals surface area contributed by atoms with Crippen molar-refractivity contribution >= 4 is 39.2 Å². The predicted molar refractivity (Wildman–Crippen MR) is 119 cm³/mol. The molecule has 0 radical (unpaired) electrons. The van der Waals surface area contributed by atoms with E-state index in [1.807, 2.05) is 35.7 Å². The molecule has 2 aromatic heterocycles. The smallest absolute Gasteiger partial charge is 0.263 e. The highest BCUT2D eigenvalue weighted by Gasteiger charge is 2.14. The third-order valence-corrected chi connectivity index (χ3v) is 6.37. The second-order valence-electron chi connectivity index (χ2n) is 6.53. The number of thioether (sulfide) groups is 1. The summed E-state index contributed by atoms with van der Waals surface area (Å²) in [6.45, 7) is 0.401. The number of nitrogens with one attached hydrogen (secondary N) is 1. The molecule has 2 aromatic carbocycles. The van der Waals surface area contributed by atoms with Gasteiger partial charge in [0.25, 0.3) is 5.56 Å². The normalized spacial score (nSPS) is 11.0. The van der Waals surface area contributed by atoms with Crippen LogP contribution in [-0.4, -0.2) is 27.8 Å². The summed E-state index contributed by atoms with van der Waals surface area (Å²) in [5, 5.41) is 5.11. The topological polar surface area (TPSA) is 64.0 Å². The van der Waals surface area contributed by atoms with E-state index in [9.17, 15) is 14.0 Å². The molecule has 152 valence electrons. The summed E-state index contributed by atoms with van der Waals surface area (Å²) in [5.74, 6) is 0.155. The summed E-state index contributed by atoms with van der Waals surface area (Å²) in [6.07, 6.45) is 1.40. The lowest BCUT2D eigenvalue weighted by Gasteiger charge is -2.08. The van der Waals surface area contributed by atoms with E-state index in [1.54, 1.807) is 23.9 Å². The fourth-order valence-electron chi connectivity index (χ4n) is 3.01. The first-order valence-corrected chi connectivity index (χ1v) is 11.2. The number of fused-ring (bicyclic) bond motifs is 1. The van der Waals surface area contributed by atoms with E-state index in [4.69, 9.17) is 0 Å². The van der Waals surface area contributed by atoms with E-state index in [-0.39, 0.29) is 23.8 Å². The van der Waals surface area contributed by atoms with Crippen molar-refractivity contribution in [2.24, 2.45) is 0 Å². The molecule has 0 atom stereocenters. The molecule has 0 aliphatic carbocycles. The average Bonchev–Trinajstić information content (AvgIpc) is 3.19. The Morgan fingerprint density at radius 1 is 1.13 bits per heavy atom. The Labute approximate surface area is 180 Å². The third kappa shape index (κ3) is 4.60. The number of carbonyl (C=O) groups is 1. The number of thiophene rings is 1. The number of benzene rings is 2. The van der Waals surface area contributed by atoms with Crippen molar-refractivity contribution in [2.75, 3.05) is 12.3 Å². The summed E-state index contributed by atoms with van der Waals surface area (Å²) >= 11 is 3.00. The second kappa shape index (κ2) is 9.23. The predicted octanol–water partition coefficient (Wildman–Crippen LogP) is 4.17. The van der Waals surface area contributed by atoms with E-state index in [0.717, 1.165) is 16.2 Å². The van der Waals surface area contributed by atoms with Gasteiger partial charge in [0, 0.05) is 28.1 Å². The van der Waals surface area contributed by atoms with Crippen LogP contribution in [0.15, 0.2) is 76.0 Å². The highest BCUT2D eigenvalue weighted by Crippen LogP contribution is 2.30. The van der Waals surface area contributed by atoms with Gasteiger partial charge in [-0.05, 0) is 29.8 Å². The van der Waals surface area contributed by atoms with E-state index in [0.29, 0.717) is 22.3 Å². The van der Waals surface area contributed by atoms with Gasteiger partial charge >= 0.3 is 0 Å². The molecule has 8 heteroatoms. The van der Waals surface area contributed by atoms with Crippen molar-refractivity contribution in [2.45, 2.75) is 11.4 Å². The van der Waals surface area contributed by atoms with Crippen LogP contribution in [-0.2, 0) is 11.3 Å². The van der Waals surface area contributed by atoms with Gasteiger partial charge in [0.15, 0.2) is 0 Å². The van der Waals surface area contributed by atoms with Crippen LogP contribution in [0.25, 0.3) is 21.3 Å². The number of carbonyl (C=O) groups excluding carboxylic acids is 1. The minimum Gasteiger partial charge on any atom is -0.354 e. The largest absolute Gasteiger partial charge is 0.354 e. The summed E-state index contributed by atoms with van der Waals surface area (Å²) in [7, 11) is 0. The molecule has 4 rings (SSSR count). The lowest BCUT2D eigenvalue weighted by atomic mass is 10.1. The highest BCUT2D eigenvalue weighted by atomic mass is 32.2. The molecule has 4 aromatic rings. The van der Waals surface area contributed by atoms with Crippen molar-refractivity contribution in [1.82, 2.24) is 14.9 Å². The van der Waals surface area contributed by atoms with Crippen molar-refractivity contribution in [1.29, 1.82) is 0 Å². The molecule has 5 nitrogen and oxygen atoms in total. The van der Waals surface area contributed by atoms with Gasteiger partial charge in [0.2, 0.25) is 5.91 Å². The van der Waals surface area contributed by atoms with E-state index >= 15 is 0 Å². The summed E-state index contributed by atoms with van der Waals surface area (Å²) in [4.78, 5) is 31.3. The van der Waals surface area contributed by atoms with Gasteiger partial charge in [-0.3, -0.25) is 14.2 Å². The van der Waals surface area contributed by atoms with Crippen molar-refractivity contribution in [3.63, 3.8) is 0 Å². The zero-order valence-electron chi connectivity index (χ0n) is 15.9. The van der Waals surface area contributed by atoms with Crippen LogP contribution in [0.5, 0.6) is 0 Å². The van der Waals surface area contributed by atoms with Crippen LogP contribution in [0.1, 0.15) is 0 Å². The summed E-state index contributed by atoms with van der Waals surface area (Å²) in [5.41, 5.74) is 1.15. The maximum absolute atomic E-state index is 13.2. The molecular weight excluding hydrogens is 421 g/mol. The Balaban J connectivity index is 1.44. The molecule has 0 fully saturated rings. The molecule has 30 heavy (non-hydrogen) atoms. The first kappa shape index (κ1) is 20.3. The lowest BCUT2D eigenvalue weighted by Crippen LogP contribution is -2.33. The van der Waals surface area contributed by atoms with E-state index in [2.05, 4.69) is 10.3 Å². The monoisotopic (exact) mass is 439 g/mol. The summed E-state index contributed by atoms with van der Waals surface area (Å²) < 4.78 is 14.5. The van der Waals surface area contributed by atoms with Gasteiger partial charge in [-0.1, -0.05) is 30.3 Å². The minimum absolute atomic E-state index is 0.101. The lowest BCUT2D eigenvalue weighted by molar-refractivity contribution is -0.121. The number of nitrogens with zero attached hydrogens (tertiary/aromatic N) is 2. The Morgan fingerprint density at radius 3 is 2.67 bits per heavy atom. The van der Waals surface area contributed by atoms with Crippen LogP contribution in [0.4, 0.5) is 4.39 Å². The Morgan fingerprint density at radius 2 is 1.90 bits per heavy atom. The maximum atomic E-state index is 13.2. The molecule has 2 heterocycles. The van der Waals surface area contributed by atoms with Crippen LogP contribution < -0.4 is 10.9 Å². The number of hydrogen-bond acceptors (Lipinski definition) is 5. The van der Waals surface area contributed by atoms with Gasteiger partial charge in [0.1, 0.15) is 17.2 Å². The van der Waals surface area contributed by atoms with Crippen LogP contribution >= 0.6 is 23.1 Å². The molecule has 0 unspecified atom stereocenters. The van der Waals surface area contributed by atoms with Gasteiger partial charge in [-0.2, -0.15) is 0 Å². The molecule has 1 amide bonds. The first-order valence-electron chi connectivity index (χ1n) is 9.29. The maximum Gasteiger partial charge on any atom is 0.263 e. The van der Waals surface area contributed by atoms with Gasteiger partial charge in [-0.15, -0.1) is 23.1 Å². The number of halogens is 1. The molecule has 0 spiro atoms. The third-order valence-electron chi connectivity index (χ3n) is 4.47. The Kier molecular flexibility index (Phi) is 6.25. The van der Waals surface area contributed by atoms with Crippen LogP contribution in [0, 0.1) is 5.82 Å². The molecular formula is C22H18FN3O2S2. The SMILES string of the molecule is O=C(Cn1cnc2scc(-c3ccc(F)cc3)c2c1=O)NCCSc1ccccc1. The number of aromatic nitrogens is 2. The summed E-state index contributed by atoms with van der Waals surface area (Å²) in [6, 6.07) is 15.9. The van der Waals surface area contributed by atoms with Crippen molar-refractivity contribution in [3.05, 3.63) is 82.5 Å².